The van der Waals surface area contributed by atoms with Crippen molar-refractivity contribution in [3.8, 4) is 0 Å². The molecule has 5 N–H and O–H groups in total. The van der Waals surface area contributed by atoms with Crippen molar-refractivity contribution in [1.82, 2.24) is 0 Å². The molecule has 5 heteroatoms. The minimum absolute atomic E-state index is 0. The highest BCUT2D eigenvalue weighted by Crippen LogP contribution is 1.99. The topological polar surface area (TPSA) is 83.2 Å². The number of hydrogen-bond acceptors (Lipinski definition) is 2. The van der Waals surface area contributed by atoms with Gasteiger partial charge < -0.3 is 16.1 Å². The van der Waals surface area contributed by atoms with E-state index in [2.05, 4.69) is 18.7 Å². The van der Waals surface area contributed by atoms with E-state index in [1.807, 2.05) is 18.2 Å². The summed E-state index contributed by atoms with van der Waals surface area (Å²) in [5.74, 6) is 0.759. The van der Waals surface area contributed by atoms with Gasteiger partial charge in [-0.15, -0.1) is 0 Å². The van der Waals surface area contributed by atoms with Crippen LogP contribution < -0.4 is 5.46 Å². The second kappa shape index (κ2) is 9.08. The molecule has 0 amide bonds. The van der Waals surface area contributed by atoms with Crippen LogP contribution in [-0.2, 0) is 0 Å². The number of benzene rings is 1. The van der Waals surface area contributed by atoms with Crippen LogP contribution in [0.4, 0.5) is 0 Å². The van der Waals surface area contributed by atoms with Crippen LogP contribution in [0.15, 0.2) is 30.3 Å². The highest BCUT2D eigenvalue weighted by Gasteiger charge is 1.97. The van der Waals surface area contributed by atoms with Gasteiger partial charge in [-0.3, -0.25) is 0 Å². The lowest BCUT2D eigenvalue weighted by molar-refractivity contribution is 0.221. The molecule has 0 aliphatic rings. The molecule has 0 saturated heterocycles. The lowest BCUT2D eigenvalue weighted by atomic mass is 9.95. The molecule has 0 fully saturated rings. The maximum absolute atomic E-state index is 8.99. The predicted octanol–water partition coefficient (Wildman–Crippen LogP) is -0.604. The van der Waals surface area contributed by atoms with E-state index >= 15 is 0 Å². The number of aliphatic hydroxyl groups is 1. The van der Waals surface area contributed by atoms with Crippen molar-refractivity contribution in [2.75, 3.05) is 5.75 Å². The summed E-state index contributed by atoms with van der Waals surface area (Å²) in [6.45, 7) is 3.86. The Morgan fingerprint density at radius 1 is 1.29 bits per heavy atom. The lowest BCUT2D eigenvalue weighted by Crippen LogP contribution is -2.13. The highest BCUT2D eigenvalue weighted by atomic mass is 32.2. The van der Waals surface area contributed by atoms with Crippen LogP contribution in [0.1, 0.15) is 6.92 Å². The fourth-order valence-corrected chi connectivity index (χ4v) is 1.54. The molecule has 1 aromatic rings. The molecule has 0 aliphatic heterocycles. The summed E-state index contributed by atoms with van der Waals surface area (Å²) >= 11 is 1.64. The smallest absolute Gasteiger partial charge is 0.229 e. The van der Waals surface area contributed by atoms with E-state index in [0.29, 0.717) is 0 Å². The molecule has 0 bridgehead atoms. The molecule has 1 rings (SSSR count). The van der Waals surface area contributed by atoms with Gasteiger partial charge in [-0.2, -0.15) is 0 Å². The first kappa shape index (κ1) is 16.0. The van der Waals surface area contributed by atoms with Crippen LogP contribution in [0.2, 0.25) is 0 Å². The quantitative estimate of drug-likeness (QED) is 0.680. The van der Waals surface area contributed by atoms with Crippen molar-refractivity contribution in [2.45, 2.75) is 13.0 Å². The molecule has 1 atom stereocenters. The molecule has 1 aromatic carbocycles. The summed E-state index contributed by atoms with van der Waals surface area (Å²) in [6, 6.07) is 10.1. The minimum atomic E-state index is -0.227. The van der Waals surface area contributed by atoms with E-state index in [-0.39, 0.29) is 17.1 Å². The highest BCUT2D eigenvalue weighted by molar-refractivity contribution is 8.23. The van der Waals surface area contributed by atoms with Crippen molar-refractivity contribution in [2.24, 2.45) is 0 Å². The average Bonchev–Trinajstić information content (AvgIpc) is 2.05. The van der Waals surface area contributed by atoms with Gasteiger partial charge >= 0.3 is 0 Å². The first-order valence-electron chi connectivity index (χ1n) is 3.97. The van der Waals surface area contributed by atoms with Gasteiger partial charge in [0.1, 0.15) is 0 Å². The average molecular weight is 215 g/mol. The fraction of sp³-hybridized carbons (Fsp3) is 0.333. The Labute approximate surface area is 89.3 Å². The third-order valence-electron chi connectivity index (χ3n) is 1.36. The SMILES string of the molecule is CC(O)CS[B]c1ccccc1.O.O. The minimum Gasteiger partial charge on any atom is -0.412 e. The first-order chi connectivity index (χ1) is 5.79. The van der Waals surface area contributed by atoms with Gasteiger partial charge in [-0.25, -0.2) is 11.6 Å². The standard InChI is InChI=1S/C9H12BOS.2H2O/c1-8(11)7-12-10-9-5-3-2-4-6-9;;/h2-6,8,11H,7H2,1H3;2*1H2. The fourth-order valence-electron chi connectivity index (χ4n) is 0.815. The normalized spacial score (nSPS) is 10.7. The van der Waals surface area contributed by atoms with E-state index in [0.717, 1.165) is 5.75 Å². The molecule has 0 aliphatic carbocycles. The van der Waals surface area contributed by atoms with Gasteiger partial charge in [0.2, 0.25) is 6.56 Å². The zero-order chi connectivity index (χ0) is 8.81. The molecule has 0 saturated carbocycles. The summed E-state index contributed by atoms with van der Waals surface area (Å²) in [4.78, 5) is 0. The van der Waals surface area contributed by atoms with Crippen LogP contribution in [0.3, 0.4) is 0 Å². The van der Waals surface area contributed by atoms with Crippen LogP contribution in [0.25, 0.3) is 0 Å². The summed E-state index contributed by atoms with van der Waals surface area (Å²) in [5, 5.41) is 8.99. The summed E-state index contributed by atoms with van der Waals surface area (Å²) in [5.41, 5.74) is 1.20. The van der Waals surface area contributed by atoms with Crippen LogP contribution >= 0.6 is 11.6 Å². The van der Waals surface area contributed by atoms with Gasteiger partial charge in [-0.05, 0) is 6.92 Å². The van der Waals surface area contributed by atoms with E-state index in [4.69, 9.17) is 5.11 Å². The number of aliphatic hydroxyl groups excluding tert-OH is 1. The monoisotopic (exact) mass is 215 g/mol. The summed E-state index contributed by atoms with van der Waals surface area (Å²) in [7, 11) is 0. The second-order valence-corrected chi connectivity index (χ2v) is 3.61. The van der Waals surface area contributed by atoms with E-state index < -0.39 is 0 Å². The largest absolute Gasteiger partial charge is 0.412 e. The Kier molecular flexibility index (Phi) is 10.4. The van der Waals surface area contributed by atoms with E-state index in [1.165, 1.54) is 5.46 Å². The second-order valence-electron chi connectivity index (χ2n) is 2.71. The Morgan fingerprint density at radius 3 is 2.36 bits per heavy atom. The molecule has 0 heterocycles. The molecular weight excluding hydrogens is 199 g/mol. The Bertz CT molecular complexity index is 219. The molecule has 1 radical (unpaired) electrons. The van der Waals surface area contributed by atoms with Gasteiger partial charge in [0, 0.05) is 5.75 Å². The predicted molar refractivity (Wildman–Crippen MR) is 63.2 cm³/mol. The molecule has 3 nitrogen and oxygen atoms in total. The molecular formula is C9H16BO3S. The lowest BCUT2D eigenvalue weighted by Gasteiger charge is -2.02. The van der Waals surface area contributed by atoms with Gasteiger partial charge in [0.05, 0.1) is 6.10 Å². The molecule has 1 unspecified atom stereocenters. The van der Waals surface area contributed by atoms with Gasteiger partial charge in [0.25, 0.3) is 0 Å². The van der Waals surface area contributed by atoms with E-state index in [1.54, 1.807) is 18.5 Å². The summed E-state index contributed by atoms with van der Waals surface area (Å²) < 4.78 is 0. The van der Waals surface area contributed by atoms with Crippen molar-refractivity contribution in [1.29, 1.82) is 0 Å². The Morgan fingerprint density at radius 2 is 1.86 bits per heavy atom. The van der Waals surface area contributed by atoms with Crippen LogP contribution in [0.5, 0.6) is 0 Å². The molecule has 0 aromatic heterocycles. The molecule has 14 heavy (non-hydrogen) atoms. The Hall–Kier alpha value is -0.485. The van der Waals surface area contributed by atoms with Crippen LogP contribution in [-0.4, -0.2) is 34.5 Å². The third-order valence-corrected chi connectivity index (χ3v) is 2.47. The van der Waals surface area contributed by atoms with E-state index in [9.17, 15) is 0 Å². The maximum Gasteiger partial charge on any atom is 0.229 e. The van der Waals surface area contributed by atoms with Crippen LogP contribution in [0, 0.1) is 0 Å². The number of hydrogen-bond donors (Lipinski definition) is 1. The van der Waals surface area contributed by atoms with Crippen molar-refractivity contribution >= 4 is 23.6 Å². The van der Waals surface area contributed by atoms with Gasteiger partial charge in [-0.1, -0.05) is 35.8 Å². The number of rotatable bonds is 4. The van der Waals surface area contributed by atoms with Gasteiger partial charge in [0.15, 0.2) is 0 Å². The molecule has 0 spiro atoms. The maximum atomic E-state index is 8.99. The van der Waals surface area contributed by atoms with Crippen molar-refractivity contribution < 1.29 is 16.1 Å². The third kappa shape index (κ3) is 6.97. The van der Waals surface area contributed by atoms with Crippen molar-refractivity contribution in [3.63, 3.8) is 0 Å². The summed E-state index contributed by atoms with van der Waals surface area (Å²) in [6.07, 6.45) is -0.227. The van der Waals surface area contributed by atoms with Crippen molar-refractivity contribution in [3.05, 3.63) is 30.3 Å². The zero-order valence-electron chi connectivity index (χ0n) is 8.10. The zero-order valence-corrected chi connectivity index (χ0v) is 8.92. The Balaban J connectivity index is 0. The molecule has 79 valence electrons. The first-order valence-corrected chi connectivity index (χ1v) is 5.02.